The van der Waals surface area contributed by atoms with Crippen molar-refractivity contribution in [2.45, 2.75) is 13.5 Å². The second kappa shape index (κ2) is 4.28. The number of hydrogen-bond acceptors (Lipinski definition) is 4. The number of aryl methyl sites for hydroxylation is 1. The van der Waals surface area contributed by atoms with E-state index in [-0.39, 0.29) is 0 Å². The molecule has 0 saturated heterocycles. The third kappa shape index (κ3) is 2.01. The molecule has 1 aromatic heterocycles. The van der Waals surface area contributed by atoms with E-state index in [9.17, 15) is 0 Å². The Labute approximate surface area is 94.3 Å². The lowest BCUT2D eigenvalue weighted by atomic mass is 10.1. The Balaban J connectivity index is 2.41. The smallest absolute Gasteiger partial charge is 0.161 e. The van der Waals surface area contributed by atoms with Gasteiger partial charge in [0.05, 0.1) is 0 Å². The van der Waals surface area contributed by atoms with Gasteiger partial charge in [0.15, 0.2) is 5.82 Å². The molecule has 2 aromatic rings. The van der Waals surface area contributed by atoms with E-state index < -0.39 is 0 Å². The average molecular weight is 214 g/mol. The van der Waals surface area contributed by atoms with Gasteiger partial charge >= 0.3 is 0 Å². The monoisotopic (exact) mass is 214 g/mol. The van der Waals surface area contributed by atoms with Crippen LogP contribution in [0.25, 0.3) is 11.4 Å². The Morgan fingerprint density at radius 2 is 1.88 bits per heavy atom. The van der Waals surface area contributed by atoms with E-state index >= 15 is 0 Å². The maximum Gasteiger partial charge on any atom is 0.161 e. The first-order valence-electron chi connectivity index (χ1n) is 5.09. The summed E-state index contributed by atoms with van der Waals surface area (Å²) in [6.07, 6.45) is 1.68. The third-order valence-corrected chi connectivity index (χ3v) is 2.43. The molecule has 1 aromatic carbocycles. The highest BCUT2D eigenvalue weighted by Gasteiger charge is 2.04. The van der Waals surface area contributed by atoms with Crippen LogP contribution >= 0.6 is 0 Å². The van der Waals surface area contributed by atoms with Crippen molar-refractivity contribution in [1.82, 2.24) is 9.97 Å². The maximum atomic E-state index is 5.77. The summed E-state index contributed by atoms with van der Waals surface area (Å²) in [6, 6.07) is 8.00. The lowest BCUT2D eigenvalue weighted by Gasteiger charge is -2.04. The molecule has 0 spiro atoms. The van der Waals surface area contributed by atoms with E-state index in [1.807, 2.05) is 31.2 Å². The molecular weight excluding hydrogens is 200 g/mol. The summed E-state index contributed by atoms with van der Waals surface area (Å²) < 4.78 is 0. The predicted molar refractivity (Wildman–Crippen MR) is 64.5 cm³/mol. The van der Waals surface area contributed by atoms with E-state index in [4.69, 9.17) is 11.5 Å². The minimum absolute atomic E-state index is 0.361. The number of benzene rings is 1. The van der Waals surface area contributed by atoms with Crippen molar-refractivity contribution in [2.24, 2.45) is 5.73 Å². The Bertz CT molecular complexity index is 491. The van der Waals surface area contributed by atoms with Crippen molar-refractivity contribution >= 4 is 5.82 Å². The van der Waals surface area contributed by atoms with Crippen LogP contribution in [0, 0.1) is 6.92 Å². The molecule has 0 unspecified atom stereocenters. The SMILES string of the molecule is Cc1ccc(-c2ncc(CN)c(N)n2)cc1. The zero-order valence-electron chi connectivity index (χ0n) is 9.14. The molecular formula is C12H14N4. The third-order valence-electron chi connectivity index (χ3n) is 2.43. The minimum Gasteiger partial charge on any atom is -0.383 e. The first-order chi connectivity index (χ1) is 7.70. The zero-order chi connectivity index (χ0) is 11.5. The Kier molecular flexibility index (Phi) is 2.83. The largest absolute Gasteiger partial charge is 0.383 e. The van der Waals surface area contributed by atoms with Crippen molar-refractivity contribution in [3.05, 3.63) is 41.6 Å². The lowest BCUT2D eigenvalue weighted by Crippen LogP contribution is -2.05. The number of nitrogen functional groups attached to an aromatic ring is 1. The fourth-order valence-corrected chi connectivity index (χ4v) is 1.42. The quantitative estimate of drug-likeness (QED) is 0.794. The van der Waals surface area contributed by atoms with Gasteiger partial charge in [0.25, 0.3) is 0 Å². The predicted octanol–water partition coefficient (Wildman–Crippen LogP) is 1.49. The molecule has 0 aliphatic rings. The molecule has 2 rings (SSSR count). The number of anilines is 1. The molecule has 0 radical (unpaired) electrons. The highest BCUT2D eigenvalue weighted by atomic mass is 14.9. The van der Waals surface area contributed by atoms with Gasteiger partial charge < -0.3 is 11.5 Å². The summed E-state index contributed by atoms with van der Waals surface area (Å²) in [5.74, 6) is 1.09. The first kappa shape index (κ1) is 10.6. The molecule has 16 heavy (non-hydrogen) atoms. The number of rotatable bonds is 2. The van der Waals surface area contributed by atoms with Gasteiger partial charge in [0.1, 0.15) is 5.82 Å². The molecule has 82 valence electrons. The van der Waals surface area contributed by atoms with Crippen LogP contribution in [-0.2, 0) is 6.54 Å². The topological polar surface area (TPSA) is 77.8 Å². The molecule has 0 bridgehead atoms. The number of nitrogens with two attached hydrogens (primary N) is 2. The highest BCUT2D eigenvalue weighted by molar-refractivity contribution is 5.57. The van der Waals surface area contributed by atoms with Crippen LogP contribution in [-0.4, -0.2) is 9.97 Å². The molecule has 0 aliphatic carbocycles. The summed E-state index contributed by atoms with van der Waals surface area (Å²) in [6.45, 7) is 2.40. The molecule has 4 N–H and O–H groups in total. The summed E-state index contributed by atoms with van der Waals surface area (Å²) >= 11 is 0. The Morgan fingerprint density at radius 3 is 2.44 bits per heavy atom. The molecule has 0 atom stereocenters. The van der Waals surface area contributed by atoms with E-state index in [1.165, 1.54) is 5.56 Å². The van der Waals surface area contributed by atoms with Crippen molar-refractivity contribution < 1.29 is 0 Å². The van der Waals surface area contributed by atoms with Gasteiger partial charge in [-0.1, -0.05) is 29.8 Å². The van der Waals surface area contributed by atoms with E-state index in [0.29, 0.717) is 18.2 Å². The number of aromatic nitrogens is 2. The fraction of sp³-hybridized carbons (Fsp3) is 0.167. The Morgan fingerprint density at radius 1 is 1.19 bits per heavy atom. The lowest BCUT2D eigenvalue weighted by molar-refractivity contribution is 1.02. The van der Waals surface area contributed by atoms with E-state index in [1.54, 1.807) is 6.20 Å². The maximum absolute atomic E-state index is 5.77. The highest BCUT2D eigenvalue weighted by Crippen LogP contribution is 2.17. The fourth-order valence-electron chi connectivity index (χ4n) is 1.42. The van der Waals surface area contributed by atoms with Gasteiger partial charge in [0.2, 0.25) is 0 Å². The normalized spacial score (nSPS) is 10.4. The summed E-state index contributed by atoms with van der Waals surface area (Å²) in [4.78, 5) is 8.47. The van der Waals surface area contributed by atoms with Gasteiger partial charge in [-0.2, -0.15) is 0 Å². The van der Waals surface area contributed by atoms with Crippen LogP contribution in [0.1, 0.15) is 11.1 Å². The second-order valence-electron chi connectivity index (χ2n) is 3.67. The Hall–Kier alpha value is -1.94. The molecule has 0 fully saturated rings. The van der Waals surface area contributed by atoms with Crippen LogP contribution in [0.3, 0.4) is 0 Å². The molecule has 0 saturated carbocycles. The van der Waals surface area contributed by atoms with Gasteiger partial charge in [-0.3, -0.25) is 0 Å². The summed E-state index contributed by atoms with van der Waals surface area (Å²) in [5.41, 5.74) is 14.2. The van der Waals surface area contributed by atoms with Crippen LogP contribution < -0.4 is 11.5 Å². The molecule has 4 heteroatoms. The molecule has 1 heterocycles. The van der Waals surface area contributed by atoms with Crippen LogP contribution in [0.5, 0.6) is 0 Å². The van der Waals surface area contributed by atoms with Crippen molar-refractivity contribution in [3.63, 3.8) is 0 Å². The van der Waals surface area contributed by atoms with Gasteiger partial charge in [-0.15, -0.1) is 0 Å². The van der Waals surface area contributed by atoms with Crippen molar-refractivity contribution in [2.75, 3.05) is 5.73 Å². The van der Waals surface area contributed by atoms with Gasteiger partial charge in [-0.25, -0.2) is 9.97 Å². The summed E-state index contributed by atoms with van der Waals surface area (Å²) in [7, 11) is 0. The molecule has 0 aliphatic heterocycles. The van der Waals surface area contributed by atoms with Crippen LogP contribution in [0.2, 0.25) is 0 Å². The standard InChI is InChI=1S/C12H14N4/c1-8-2-4-9(5-3-8)12-15-7-10(6-13)11(14)16-12/h2-5,7H,6,13H2,1H3,(H2,14,15,16). The average Bonchev–Trinajstić information content (AvgIpc) is 2.30. The molecule has 0 amide bonds. The summed E-state index contributed by atoms with van der Waals surface area (Å²) in [5, 5.41) is 0. The van der Waals surface area contributed by atoms with Crippen LogP contribution in [0.4, 0.5) is 5.82 Å². The molecule has 4 nitrogen and oxygen atoms in total. The number of nitrogens with zero attached hydrogens (tertiary/aromatic N) is 2. The van der Waals surface area contributed by atoms with Gasteiger partial charge in [-0.05, 0) is 6.92 Å². The van der Waals surface area contributed by atoms with Gasteiger partial charge in [0, 0.05) is 23.9 Å². The first-order valence-corrected chi connectivity index (χ1v) is 5.09. The van der Waals surface area contributed by atoms with E-state index in [0.717, 1.165) is 11.1 Å². The minimum atomic E-state index is 0.361. The second-order valence-corrected chi connectivity index (χ2v) is 3.67. The van der Waals surface area contributed by atoms with Crippen molar-refractivity contribution in [1.29, 1.82) is 0 Å². The van der Waals surface area contributed by atoms with Crippen molar-refractivity contribution in [3.8, 4) is 11.4 Å². The zero-order valence-corrected chi connectivity index (χ0v) is 9.14. The van der Waals surface area contributed by atoms with E-state index in [2.05, 4.69) is 9.97 Å². The number of hydrogen-bond donors (Lipinski definition) is 2. The van der Waals surface area contributed by atoms with Crippen LogP contribution in [0.15, 0.2) is 30.5 Å².